The Morgan fingerprint density at radius 3 is 2.93 bits per heavy atom. The maximum atomic E-state index is 11.0. The molecule has 0 radical (unpaired) electrons. The molecule has 0 amide bonds. The molecule has 3 aromatic rings. The van der Waals surface area contributed by atoms with Gasteiger partial charge < -0.3 is 14.5 Å². The molecular formula is C17H14BrN5O4S. The van der Waals surface area contributed by atoms with Crippen LogP contribution in [-0.4, -0.2) is 25.9 Å². The quantitative estimate of drug-likeness (QED) is 0.323. The van der Waals surface area contributed by atoms with E-state index in [0.717, 1.165) is 27.9 Å². The van der Waals surface area contributed by atoms with Crippen LogP contribution in [0.2, 0.25) is 0 Å². The van der Waals surface area contributed by atoms with E-state index in [1.165, 1.54) is 23.9 Å². The topological polar surface area (TPSA) is 116 Å². The van der Waals surface area contributed by atoms with E-state index >= 15 is 0 Å². The number of hydrogen-bond donors (Lipinski definition) is 1. The fourth-order valence-corrected chi connectivity index (χ4v) is 3.63. The number of nitrogens with zero attached hydrogens (tertiary/aromatic N) is 4. The fourth-order valence-electron chi connectivity index (χ4n) is 2.63. The highest BCUT2D eigenvalue weighted by Gasteiger charge is 2.29. The van der Waals surface area contributed by atoms with Gasteiger partial charge >= 0.3 is 5.88 Å². The van der Waals surface area contributed by atoms with E-state index in [2.05, 4.69) is 43.4 Å². The third kappa shape index (κ3) is 3.67. The van der Waals surface area contributed by atoms with Gasteiger partial charge in [0.2, 0.25) is 17.3 Å². The van der Waals surface area contributed by atoms with Crippen molar-refractivity contribution in [1.29, 1.82) is 0 Å². The van der Waals surface area contributed by atoms with Gasteiger partial charge in [0.15, 0.2) is 11.5 Å². The first-order valence-corrected chi connectivity index (χ1v) is 10.2. The molecule has 0 aliphatic carbocycles. The summed E-state index contributed by atoms with van der Waals surface area (Å²) in [5.74, 6) is 1.03. The molecular weight excluding hydrogens is 450 g/mol. The van der Waals surface area contributed by atoms with Crippen molar-refractivity contribution in [2.45, 2.75) is 24.7 Å². The largest absolute Gasteiger partial charge is 0.444 e. The standard InChI is InChI=1S/C17H14BrN5O4S/c1-2-7-28-17-20-16-14(21-22-17)10-8-9(18)3-4-11(10)19-15(27-16)12-5-6-13(26-12)23(24)25/h3-6,8,15,19H,2,7H2,1H3/t15-/m0/s1. The Morgan fingerprint density at radius 1 is 1.32 bits per heavy atom. The van der Waals surface area contributed by atoms with Crippen LogP contribution in [0, 0.1) is 10.1 Å². The van der Waals surface area contributed by atoms with Crippen molar-refractivity contribution in [3.8, 4) is 17.1 Å². The minimum absolute atomic E-state index is 0.259. The molecule has 2 aromatic heterocycles. The first kappa shape index (κ1) is 18.7. The minimum Gasteiger partial charge on any atom is -0.444 e. The molecule has 28 heavy (non-hydrogen) atoms. The van der Waals surface area contributed by atoms with Gasteiger partial charge in [-0.05, 0) is 30.7 Å². The van der Waals surface area contributed by atoms with E-state index < -0.39 is 11.2 Å². The van der Waals surface area contributed by atoms with Crippen LogP contribution in [0.4, 0.5) is 11.6 Å². The number of ether oxygens (including phenoxy) is 1. The molecule has 3 heterocycles. The number of anilines is 1. The van der Waals surface area contributed by atoms with Crippen LogP contribution in [0.1, 0.15) is 25.3 Å². The molecule has 0 unspecified atom stereocenters. The molecule has 0 fully saturated rings. The molecule has 1 aliphatic heterocycles. The number of aromatic nitrogens is 3. The molecule has 144 valence electrons. The zero-order valence-electron chi connectivity index (χ0n) is 14.6. The molecule has 1 aliphatic rings. The van der Waals surface area contributed by atoms with E-state index in [-0.39, 0.29) is 17.5 Å². The molecule has 11 heteroatoms. The van der Waals surface area contributed by atoms with Crippen molar-refractivity contribution in [3.63, 3.8) is 0 Å². The highest BCUT2D eigenvalue weighted by atomic mass is 79.9. The van der Waals surface area contributed by atoms with Gasteiger partial charge in [-0.25, -0.2) is 0 Å². The van der Waals surface area contributed by atoms with Gasteiger partial charge in [0.05, 0.1) is 6.07 Å². The summed E-state index contributed by atoms with van der Waals surface area (Å²) in [5, 5.41) is 23.2. The molecule has 1 aromatic carbocycles. The van der Waals surface area contributed by atoms with E-state index in [1.807, 2.05) is 18.2 Å². The number of nitro groups is 1. The van der Waals surface area contributed by atoms with Crippen LogP contribution in [0.15, 0.2) is 44.4 Å². The Kier molecular flexibility index (Phi) is 5.18. The second kappa shape index (κ2) is 7.76. The van der Waals surface area contributed by atoms with Gasteiger partial charge in [-0.15, -0.1) is 10.2 Å². The van der Waals surface area contributed by atoms with Crippen LogP contribution >= 0.6 is 27.7 Å². The summed E-state index contributed by atoms with van der Waals surface area (Å²) in [7, 11) is 0. The maximum Gasteiger partial charge on any atom is 0.433 e. The normalized spacial score (nSPS) is 15.0. The summed E-state index contributed by atoms with van der Waals surface area (Å²) in [6, 6.07) is 8.39. The fraction of sp³-hybridized carbons (Fsp3) is 0.235. The number of rotatable bonds is 5. The van der Waals surface area contributed by atoms with Gasteiger partial charge in [-0.1, -0.05) is 34.6 Å². The van der Waals surface area contributed by atoms with Crippen LogP contribution in [0.25, 0.3) is 11.3 Å². The lowest BCUT2D eigenvalue weighted by molar-refractivity contribution is -0.402. The number of furan rings is 1. The molecule has 9 nitrogen and oxygen atoms in total. The molecule has 0 spiro atoms. The summed E-state index contributed by atoms with van der Waals surface area (Å²) in [6.07, 6.45) is 0.165. The van der Waals surface area contributed by atoms with Crippen molar-refractivity contribution in [1.82, 2.24) is 15.2 Å². The average molecular weight is 464 g/mol. The second-order valence-corrected chi connectivity index (χ2v) is 7.84. The first-order valence-electron chi connectivity index (χ1n) is 8.40. The molecule has 0 saturated heterocycles. The van der Waals surface area contributed by atoms with Crippen molar-refractivity contribution in [2.75, 3.05) is 11.1 Å². The highest BCUT2D eigenvalue weighted by Crippen LogP contribution is 2.41. The predicted octanol–water partition coefficient (Wildman–Crippen LogP) is 4.81. The number of nitrogens with one attached hydrogen (secondary N) is 1. The monoisotopic (exact) mass is 463 g/mol. The SMILES string of the molecule is CCCSc1nnc2c(n1)O[C@@H](c1ccc([N+](=O)[O-])o1)Nc1ccc(Br)cc1-2. The number of halogens is 1. The summed E-state index contributed by atoms with van der Waals surface area (Å²) >= 11 is 4.94. The van der Waals surface area contributed by atoms with E-state index in [4.69, 9.17) is 9.15 Å². The van der Waals surface area contributed by atoms with Crippen LogP contribution in [0.3, 0.4) is 0 Å². The van der Waals surface area contributed by atoms with E-state index in [9.17, 15) is 10.1 Å². The zero-order valence-corrected chi connectivity index (χ0v) is 17.0. The Bertz CT molecular complexity index is 1040. The summed E-state index contributed by atoms with van der Waals surface area (Å²) in [4.78, 5) is 14.9. The highest BCUT2D eigenvalue weighted by molar-refractivity contribution is 9.10. The van der Waals surface area contributed by atoms with Crippen molar-refractivity contribution in [3.05, 3.63) is 50.7 Å². The smallest absolute Gasteiger partial charge is 0.433 e. The van der Waals surface area contributed by atoms with E-state index in [1.54, 1.807) is 0 Å². The lowest BCUT2D eigenvalue weighted by Gasteiger charge is -2.16. The molecule has 4 rings (SSSR count). The molecule has 0 bridgehead atoms. The van der Waals surface area contributed by atoms with Gasteiger partial charge in [0.25, 0.3) is 0 Å². The maximum absolute atomic E-state index is 11.0. The summed E-state index contributed by atoms with van der Waals surface area (Å²) in [6.45, 7) is 2.07. The van der Waals surface area contributed by atoms with Crippen molar-refractivity contribution in [2.24, 2.45) is 0 Å². The minimum atomic E-state index is -0.810. The van der Waals surface area contributed by atoms with E-state index in [0.29, 0.717) is 10.9 Å². The van der Waals surface area contributed by atoms with Gasteiger partial charge in [0.1, 0.15) is 4.92 Å². The summed E-state index contributed by atoms with van der Waals surface area (Å²) < 4.78 is 12.2. The van der Waals surface area contributed by atoms with Gasteiger partial charge in [0, 0.05) is 21.5 Å². The molecule has 0 saturated carbocycles. The van der Waals surface area contributed by atoms with Crippen LogP contribution in [0.5, 0.6) is 5.88 Å². The van der Waals surface area contributed by atoms with Crippen molar-refractivity contribution < 1.29 is 14.1 Å². The zero-order chi connectivity index (χ0) is 19.7. The third-order valence-electron chi connectivity index (χ3n) is 3.87. The Labute approximate surface area is 172 Å². The Hall–Kier alpha value is -2.66. The van der Waals surface area contributed by atoms with Gasteiger partial charge in [-0.3, -0.25) is 10.1 Å². The molecule has 1 atom stereocenters. The Morgan fingerprint density at radius 2 is 2.18 bits per heavy atom. The first-order chi connectivity index (χ1) is 13.5. The lowest BCUT2D eigenvalue weighted by Crippen LogP contribution is -2.16. The lowest BCUT2D eigenvalue weighted by atomic mass is 10.1. The average Bonchev–Trinajstić information content (AvgIpc) is 3.12. The third-order valence-corrected chi connectivity index (χ3v) is 5.41. The van der Waals surface area contributed by atoms with Gasteiger partial charge in [-0.2, -0.15) is 4.98 Å². The van der Waals surface area contributed by atoms with Crippen LogP contribution in [-0.2, 0) is 0 Å². The van der Waals surface area contributed by atoms with Crippen LogP contribution < -0.4 is 10.1 Å². The number of hydrogen-bond acceptors (Lipinski definition) is 9. The van der Waals surface area contributed by atoms with Crippen molar-refractivity contribution >= 4 is 39.3 Å². The second-order valence-electron chi connectivity index (χ2n) is 5.86. The number of benzene rings is 1. The molecule has 1 N–H and O–H groups in total. The number of thioether (sulfide) groups is 1. The predicted molar refractivity (Wildman–Crippen MR) is 106 cm³/mol. The number of fused-ring (bicyclic) bond motifs is 3. The summed E-state index contributed by atoms with van der Waals surface area (Å²) in [5.41, 5.74) is 1.95. The Balaban J connectivity index is 1.79.